The SMILES string of the molecule is CC/C=C\C/C=C\C/C=C\C/C=C\CCCCC(=O)OC(COC(=O)CCCCCCC)COC(=O)CCCCCCCCCCCCCCCCCCCCC/C=C\CCCCCCCCCC. The lowest BCUT2D eigenvalue weighted by Gasteiger charge is -2.18. The van der Waals surface area contributed by atoms with Crippen molar-refractivity contribution in [3.8, 4) is 0 Å². The summed E-state index contributed by atoms with van der Waals surface area (Å²) in [6, 6.07) is 0. The van der Waals surface area contributed by atoms with Gasteiger partial charge < -0.3 is 14.2 Å². The van der Waals surface area contributed by atoms with Crippen molar-refractivity contribution in [3.05, 3.63) is 60.8 Å². The molecule has 1 atom stereocenters. The number of allylic oxidation sites excluding steroid dienone is 10. The number of carbonyl (C=O) groups excluding carboxylic acids is 3. The van der Waals surface area contributed by atoms with E-state index in [4.69, 9.17) is 14.2 Å². The Morgan fingerprint density at radius 2 is 0.565 bits per heavy atom. The summed E-state index contributed by atoms with van der Waals surface area (Å²) < 4.78 is 16.7. The van der Waals surface area contributed by atoms with E-state index in [9.17, 15) is 14.4 Å². The molecule has 0 N–H and O–H groups in total. The first-order valence-corrected chi connectivity index (χ1v) is 29.8. The van der Waals surface area contributed by atoms with Crippen molar-refractivity contribution in [1.29, 1.82) is 0 Å². The fourth-order valence-electron chi connectivity index (χ4n) is 8.55. The first kappa shape index (κ1) is 66.1. The molecule has 0 aliphatic heterocycles. The van der Waals surface area contributed by atoms with Crippen LogP contribution in [-0.2, 0) is 28.6 Å². The maximum atomic E-state index is 12.7. The Kier molecular flexibility index (Phi) is 55.3. The van der Waals surface area contributed by atoms with Crippen LogP contribution in [-0.4, -0.2) is 37.2 Å². The van der Waals surface area contributed by atoms with Crippen LogP contribution in [0.25, 0.3) is 0 Å². The summed E-state index contributed by atoms with van der Waals surface area (Å²) in [5.74, 6) is -0.937. The van der Waals surface area contributed by atoms with Crippen molar-refractivity contribution in [2.45, 2.75) is 309 Å². The van der Waals surface area contributed by atoms with Crippen LogP contribution in [0.5, 0.6) is 0 Å². The second-order valence-electron chi connectivity index (χ2n) is 19.9. The molecule has 0 amide bonds. The second-order valence-corrected chi connectivity index (χ2v) is 19.9. The van der Waals surface area contributed by atoms with Crippen LogP contribution in [0.15, 0.2) is 60.8 Å². The van der Waals surface area contributed by atoms with Gasteiger partial charge in [-0.25, -0.2) is 0 Å². The molecular weight excluding hydrogens is 853 g/mol. The first-order valence-electron chi connectivity index (χ1n) is 29.8. The maximum absolute atomic E-state index is 12.7. The lowest BCUT2D eigenvalue weighted by molar-refractivity contribution is -0.167. The minimum Gasteiger partial charge on any atom is -0.462 e. The number of ether oxygens (including phenoxy) is 3. The third kappa shape index (κ3) is 55.9. The Hall–Kier alpha value is -2.89. The van der Waals surface area contributed by atoms with Crippen molar-refractivity contribution in [2.24, 2.45) is 0 Å². The second kappa shape index (κ2) is 57.7. The van der Waals surface area contributed by atoms with Crippen molar-refractivity contribution >= 4 is 17.9 Å². The normalized spacial score (nSPS) is 12.4. The standard InChI is InChI=1S/C63H112O6/c1-4-7-10-13-15-17-19-21-23-24-25-26-27-28-29-30-31-32-33-34-35-36-37-38-40-41-43-45-47-50-53-56-62(65)68-59-60(58-67-61(64)55-52-49-12-9-6-3)69-63(66)57-54-51-48-46-44-42-39-22-20-18-16-14-11-8-5-2/h8,11,16,18,22,24-25,39,44,46,60H,4-7,9-10,12-15,17,19-21,23,26-38,40-43,45,47-59H2,1-3H3/b11-8-,18-16-,25-24-,39-22-,46-44-. The quantitative estimate of drug-likeness (QED) is 0.0262. The summed E-state index contributed by atoms with van der Waals surface area (Å²) in [4.78, 5) is 37.7. The molecule has 0 radical (unpaired) electrons. The summed E-state index contributed by atoms with van der Waals surface area (Å²) in [5.41, 5.74) is 0. The van der Waals surface area contributed by atoms with E-state index >= 15 is 0 Å². The predicted molar refractivity (Wildman–Crippen MR) is 298 cm³/mol. The molecular formula is C63H112O6. The molecule has 0 aromatic rings. The van der Waals surface area contributed by atoms with Crippen LogP contribution >= 0.6 is 0 Å². The molecule has 0 heterocycles. The van der Waals surface area contributed by atoms with Gasteiger partial charge in [-0.2, -0.15) is 0 Å². The molecule has 1 unspecified atom stereocenters. The van der Waals surface area contributed by atoms with Crippen LogP contribution in [0.3, 0.4) is 0 Å². The average Bonchev–Trinajstić information content (AvgIpc) is 3.35. The van der Waals surface area contributed by atoms with Gasteiger partial charge in [0, 0.05) is 19.3 Å². The first-order chi connectivity index (χ1) is 34.0. The molecule has 0 saturated carbocycles. The van der Waals surface area contributed by atoms with E-state index in [0.717, 1.165) is 83.5 Å². The van der Waals surface area contributed by atoms with E-state index in [1.807, 2.05) is 0 Å². The van der Waals surface area contributed by atoms with Gasteiger partial charge in [-0.15, -0.1) is 0 Å². The van der Waals surface area contributed by atoms with Gasteiger partial charge in [-0.1, -0.05) is 261 Å². The lowest BCUT2D eigenvalue weighted by Crippen LogP contribution is -2.30. The highest BCUT2D eigenvalue weighted by molar-refractivity contribution is 5.71. The maximum Gasteiger partial charge on any atom is 0.306 e. The number of hydrogen-bond acceptors (Lipinski definition) is 6. The fourth-order valence-corrected chi connectivity index (χ4v) is 8.55. The van der Waals surface area contributed by atoms with Crippen molar-refractivity contribution in [1.82, 2.24) is 0 Å². The van der Waals surface area contributed by atoms with Gasteiger partial charge in [0.05, 0.1) is 0 Å². The summed E-state index contributed by atoms with van der Waals surface area (Å²) in [7, 11) is 0. The zero-order valence-corrected chi connectivity index (χ0v) is 45.8. The van der Waals surface area contributed by atoms with E-state index < -0.39 is 6.10 Å². The molecule has 0 aliphatic rings. The van der Waals surface area contributed by atoms with Gasteiger partial charge in [0.25, 0.3) is 0 Å². The summed E-state index contributed by atoms with van der Waals surface area (Å²) in [6.45, 7) is 6.43. The molecule has 0 spiro atoms. The van der Waals surface area contributed by atoms with Crippen molar-refractivity contribution < 1.29 is 28.6 Å². The number of carbonyl (C=O) groups is 3. The van der Waals surface area contributed by atoms with Crippen LogP contribution in [0, 0.1) is 0 Å². The van der Waals surface area contributed by atoms with Gasteiger partial charge in [0.2, 0.25) is 0 Å². The molecule has 0 aromatic carbocycles. The van der Waals surface area contributed by atoms with E-state index in [1.165, 1.54) is 173 Å². The third-order valence-electron chi connectivity index (χ3n) is 13.0. The Morgan fingerprint density at radius 1 is 0.304 bits per heavy atom. The van der Waals surface area contributed by atoms with Crippen LogP contribution in [0.4, 0.5) is 0 Å². The summed E-state index contributed by atoms with van der Waals surface area (Å²) >= 11 is 0. The number of hydrogen-bond donors (Lipinski definition) is 0. The minimum atomic E-state index is -0.790. The van der Waals surface area contributed by atoms with Crippen molar-refractivity contribution in [2.75, 3.05) is 13.2 Å². The Balaban J connectivity index is 3.96. The molecule has 0 saturated heterocycles. The Morgan fingerprint density at radius 3 is 0.928 bits per heavy atom. The van der Waals surface area contributed by atoms with E-state index in [-0.39, 0.29) is 37.5 Å². The number of rotatable bonds is 54. The van der Waals surface area contributed by atoms with Crippen molar-refractivity contribution in [3.63, 3.8) is 0 Å². The predicted octanol–water partition coefficient (Wildman–Crippen LogP) is 20.0. The van der Waals surface area contributed by atoms with Gasteiger partial charge >= 0.3 is 17.9 Å². The number of esters is 3. The Labute approximate surface area is 428 Å². The van der Waals surface area contributed by atoms with Gasteiger partial charge in [0.1, 0.15) is 13.2 Å². The molecule has 69 heavy (non-hydrogen) atoms. The third-order valence-corrected chi connectivity index (χ3v) is 13.0. The van der Waals surface area contributed by atoms with Crippen LogP contribution < -0.4 is 0 Å². The molecule has 400 valence electrons. The molecule has 0 aromatic heterocycles. The molecule has 0 bridgehead atoms. The topological polar surface area (TPSA) is 78.9 Å². The van der Waals surface area contributed by atoms with Gasteiger partial charge in [-0.3, -0.25) is 14.4 Å². The number of unbranched alkanes of at least 4 members (excludes halogenated alkanes) is 33. The van der Waals surface area contributed by atoms with E-state index in [0.29, 0.717) is 19.3 Å². The lowest BCUT2D eigenvalue weighted by atomic mass is 10.0. The highest BCUT2D eigenvalue weighted by atomic mass is 16.6. The molecule has 0 aliphatic carbocycles. The highest BCUT2D eigenvalue weighted by Gasteiger charge is 2.19. The smallest absolute Gasteiger partial charge is 0.306 e. The minimum absolute atomic E-state index is 0.0889. The molecule has 0 rings (SSSR count). The Bertz CT molecular complexity index is 1250. The fraction of sp³-hybridized carbons (Fsp3) is 0.794. The van der Waals surface area contributed by atoms with Gasteiger partial charge in [0.15, 0.2) is 6.10 Å². The summed E-state index contributed by atoms with van der Waals surface area (Å²) in [5, 5.41) is 0. The molecule has 6 nitrogen and oxygen atoms in total. The van der Waals surface area contributed by atoms with Crippen LogP contribution in [0.2, 0.25) is 0 Å². The zero-order valence-electron chi connectivity index (χ0n) is 45.8. The van der Waals surface area contributed by atoms with E-state index in [2.05, 4.69) is 81.5 Å². The average molecular weight is 966 g/mol. The highest BCUT2D eigenvalue weighted by Crippen LogP contribution is 2.17. The monoisotopic (exact) mass is 965 g/mol. The van der Waals surface area contributed by atoms with E-state index in [1.54, 1.807) is 0 Å². The zero-order chi connectivity index (χ0) is 50.0. The van der Waals surface area contributed by atoms with Gasteiger partial charge in [-0.05, 0) is 83.5 Å². The molecule has 6 heteroatoms. The van der Waals surface area contributed by atoms with Crippen LogP contribution in [0.1, 0.15) is 303 Å². The largest absolute Gasteiger partial charge is 0.462 e. The summed E-state index contributed by atoms with van der Waals surface area (Å²) in [6.07, 6.45) is 73.0. The molecule has 0 fully saturated rings.